The lowest BCUT2D eigenvalue weighted by Crippen LogP contribution is -2.32. The van der Waals surface area contributed by atoms with Gasteiger partial charge in [-0.25, -0.2) is 0 Å². The normalized spacial score (nSPS) is 14.5. The largest absolute Gasteiger partial charge is 0.402 e. The maximum atomic E-state index is 12.2. The van der Waals surface area contributed by atoms with Gasteiger partial charge in [-0.05, 0) is 0 Å². The zero-order valence-corrected chi connectivity index (χ0v) is 7.92. The minimum Gasteiger partial charge on any atom is -0.329 e. The second-order valence-electron chi connectivity index (χ2n) is 2.09. The van der Waals surface area contributed by atoms with E-state index in [1.54, 1.807) is 0 Å². The second kappa shape index (κ2) is 4.25. The lowest BCUT2D eigenvalue weighted by atomic mass is 10.4. The van der Waals surface area contributed by atoms with Crippen molar-refractivity contribution in [1.29, 1.82) is 0 Å². The van der Waals surface area contributed by atoms with Gasteiger partial charge in [-0.2, -0.15) is 13.2 Å². The van der Waals surface area contributed by atoms with Gasteiger partial charge in [0, 0.05) is 6.54 Å². The number of rotatable bonds is 3. The first-order valence-electron chi connectivity index (χ1n) is 3.23. The summed E-state index contributed by atoms with van der Waals surface area (Å²) in [7, 11) is 0. The van der Waals surface area contributed by atoms with E-state index < -0.39 is 18.0 Å². The summed E-state index contributed by atoms with van der Waals surface area (Å²) in [6, 6.07) is 0. The highest BCUT2D eigenvalue weighted by Crippen LogP contribution is 2.34. The maximum Gasteiger partial charge on any atom is 0.402 e. The Labute approximate surface area is 80.5 Å². The Kier molecular flexibility index (Phi) is 3.51. The number of halogens is 3. The van der Waals surface area contributed by atoms with Crippen molar-refractivity contribution in [3.63, 3.8) is 0 Å². The molecule has 1 unspecified atom stereocenters. The van der Waals surface area contributed by atoms with Gasteiger partial charge in [-0.15, -0.1) is 10.2 Å². The summed E-state index contributed by atoms with van der Waals surface area (Å²) in [4.78, 5) is 0. The Morgan fingerprint density at radius 2 is 2.31 bits per heavy atom. The average molecular weight is 229 g/mol. The smallest absolute Gasteiger partial charge is 0.329 e. The molecule has 0 aliphatic heterocycles. The van der Waals surface area contributed by atoms with E-state index >= 15 is 0 Å². The van der Waals surface area contributed by atoms with E-state index in [0.717, 1.165) is 11.3 Å². The van der Waals surface area contributed by atoms with Gasteiger partial charge in [-0.3, -0.25) is 0 Å². The predicted molar refractivity (Wildman–Crippen MR) is 44.7 cm³/mol. The van der Waals surface area contributed by atoms with E-state index in [-0.39, 0.29) is 4.34 Å². The van der Waals surface area contributed by atoms with Crippen molar-refractivity contribution in [2.75, 3.05) is 6.54 Å². The Morgan fingerprint density at radius 3 is 2.69 bits per heavy atom. The third-order valence-electron chi connectivity index (χ3n) is 1.16. The maximum absolute atomic E-state index is 12.2. The number of alkyl halides is 3. The van der Waals surface area contributed by atoms with Gasteiger partial charge >= 0.3 is 6.18 Å². The molecule has 0 amide bonds. The number of thioether (sulfide) groups is 1. The van der Waals surface area contributed by atoms with E-state index in [1.807, 2.05) is 0 Å². The topological polar surface area (TPSA) is 51.8 Å². The molecule has 1 aromatic heterocycles. The van der Waals surface area contributed by atoms with Gasteiger partial charge in [0.15, 0.2) is 4.34 Å². The lowest BCUT2D eigenvalue weighted by molar-refractivity contribution is -0.126. The predicted octanol–water partition coefficient (Wildman–Crippen LogP) is 1.52. The highest BCUT2D eigenvalue weighted by molar-refractivity contribution is 8.01. The quantitative estimate of drug-likeness (QED) is 0.798. The molecule has 8 heteroatoms. The molecule has 0 aromatic carbocycles. The summed E-state index contributed by atoms with van der Waals surface area (Å²) in [5.41, 5.74) is 6.37. The van der Waals surface area contributed by atoms with Crippen LogP contribution in [-0.2, 0) is 0 Å². The van der Waals surface area contributed by atoms with Gasteiger partial charge in [0.2, 0.25) is 0 Å². The highest BCUT2D eigenvalue weighted by atomic mass is 32.2. The molecular formula is C5H6F3N3S2. The highest BCUT2D eigenvalue weighted by Gasteiger charge is 2.39. The molecule has 74 valence electrons. The molecule has 1 atom stereocenters. The van der Waals surface area contributed by atoms with E-state index in [4.69, 9.17) is 5.73 Å². The van der Waals surface area contributed by atoms with Crippen molar-refractivity contribution in [2.45, 2.75) is 15.8 Å². The van der Waals surface area contributed by atoms with Crippen molar-refractivity contribution >= 4 is 23.1 Å². The summed E-state index contributed by atoms with van der Waals surface area (Å²) < 4.78 is 36.8. The molecule has 0 saturated carbocycles. The van der Waals surface area contributed by atoms with E-state index in [9.17, 15) is 13.2 Å². The summed E-state index contributed by atoms with van der Waals surface area (Å²) in [6.45, 7) is -0.451. The Morgan fingerprint density at radius 1 is 1.62 bits per heavy atom. The van der Waals surface area contributed by atoms with Crippen LogP contribution in [0, 0.1) is 0 Å². The fourth-order valence-electron chi connectivity index (χ4n) is 0.585. The number of nitrogens with two attached hydrogens (primary N) is 1. The molecule has 2 N–H and O–H groups in total. The first-order valence-corrected chi connectivity index (χ1v) is 4.99. The molecule has 0 radical (unpaired) electrons. The number of aromatic nitrogens is 2. The SMILES string of the molecule is NCC(Sc1nncs1)C(F)(F)F. The van der Waals surface area contributed by atoms with Crippen LogP contribution in [0.15, 0.2) is 9.85 Å². The van der Waals surface area contributed by atoms with Crippen LogP contribution < -0.4 is 5.73 Å². The zero-order chi connectivity index (χ0) is 9.90. The molecule has 0 spiro atoms. The molecule has 0 bridgehead atoms. The molecule has 1 rings (SSSR count). The molecular weight excluding hydrogens is 223 g/mol. The minimum absolute atomic E-state index is 0.285. The van der Waals surface area contributed by atoms with Crippen LogP contribution in [0.2, 0.25) is 0 Å². The zero-order valence-electron chi connectivity index (χ0n) is 6.28. The second-order valence-corrected chi connectivity index (χ2v) is 4.37. The van der Waals surface area contributed by atoms with Gasteiger partial charge in [-0.1, -0.05) is 23.1 Å². The third kappa shape index (κ3) is 3.12. The monoisotopic (exact) mass is 229 g/mol. The Balaban J connectivity index is 2.60. The van der Waals surface area contributed by atoms with Crippen molar-refractivity contribution in [3.05, 3.63) is 5.51 Å². The minimum atomic E-state index is -4.29. The summed E-state index contributed by atoms with van der Waals surface area (Å²) in [5.74, 6) is 0. The standard InChI is InChI=1S/C5H6F3N3S2/c6-5(7,8)3(1-9)13-4-11-10-2-12-4/h2-3H,1,9H2. The molecule has 0 saturated heterocycles. The van der Waals surface area contributed by atoms with Crippen molar-refractivity contribution in [1.82, 2.24) is 10.2 Å². The molecule has 0 fully saturated rings. The molecule has 3 nitrogen and oxygen atoms in total. The molecule has 0 aliphatic rings. The summed E-state index contributed by atoms with van der Waals surface area (Å²) >= 11 is 1.67. The number of hydrogen-bond acceptors (Lipinski definition) is 5. The first kappa shape index (κ1) is 10.7. The lowest BCUT2D eigenvalue weighted by Gasteiger charge is -2.15. The van der Waals surface area contributed by atoms with Crippen LogP contribution in [0.5, 0.6) is 0 Å². The van der Waals surface area contributed by atoms with Crippen LogP contribution in [-0.4, -0.2) is 28.2 Å². The van der Waals surface area contributed by atoms with Crippen LogP contribution in [0.1, 0.15) is 0 Å². The molecule has 0 aliphatic carbocycles. The van der Waals surface area contributed by atoms with E-state index in [0.29, 0.717) is 11.8 Å². The fourth-order valence-corrected chi connectivity index (χ4v) is 2.13. The summed E-state index contributed by atoms with van der Waals surface area (Å²) in [6.07, 6.45) is -4.29. The van der Waals surface area contributed by atoms with Gasteiger partial charge < -0.3 is 5.73 Å². The van der Waals surface area contributed by atoms with Crippen molar-refractivity contribution < 1.29 is 13.2 Å². The first-order chi connectivity index (χ1) is 6.04. The molecule has 1 heterocycles. The number of nitrogens with zero attached hydrogens (tertiary/aromatic N) is 2. The van der Waals surface area contributed by atoms with Gasteiger partial charge in [0.1, 0.15) is 10.8 Å². The third-order valence-corrected chi connectivity index (χ3v) is 3.25. The van der Waals surface area contributed by atoms with Crippen LogP contribution >= 0.6 is 23.1 Å². The van der Waals surface area contributed by atoms with Crippen LogP contribution in [0.4, 0.5) is 13.2 Å². The van der Waals surface area contributed by atoms with Crippen molar-refractivity contribution in [3.8, 4) is 0 Å². The Bertz CT molecular complexity index is 248. The molecule has 1 aromatic rings. The fraction of sp³-hybridized carbons (Fsp3) is 0.600. The average Bonchev–Trinajstić information content (AvgIpc) is 2.49. The van der Waals surface area contributed by atoms with E-state index in [1.165, 1.54) is 5.51 Å². The van der Waals surface area contributed by atoms with Gasteiger partial charge in [0.25, 0.3) is 0 Å². The van der Waals surface area contributed by atoms with E-state index in [2.05, 4.69) is 10.2 Å². The van der Waals surface area contributed by atoms with Gasteiger partial charge in [0.05, 0.1) is 0 Å². The Hall–Kier alpha value is -0.340. The van der Waals surface area contributed by atoms with Crippen molar-refractivity contribution in [2.24, 2.45) is 5.73 Å². The van der Waals surface area contributed by atoms with Crippen LogP contribution in [0.3, 0.4) is 0 Å². The number of hydrogen-bond donors (Lipinski definition) is 1. The van der Waals surface area contributed by atoms with Crippen LogP contribution in [0.25, 0.3) is 0 Å². The summed E-state index contributed by atoms with van der Waals surface area (Å²) in [5, 5.41) is 5.33. The molecule has 13 heavy (non-hydrogen) atoms.